The normalized spacial score (nSPS) is 20.6. The van der Waals surface area contributed by atoms with E-state index in [-0.39, 0.29) is 29.9 Å². The lowest BCUT2D eigenvalue weighted by Gasteiger charge is -2.29. The Bertz CT molecular complexity index is 572. The number of rotatable bonds is 5. The summed E-state index contributed by atoms with van der Waals surface area (Å²) in [7, 11) is 1.46. The van der Waals surface area contributed by atoms with Gasteiger partial charge in [0.2, 0.25) is 0 Å². The van der Waals surface area contributed by atoms with Crippen molar-refractivity contribution >= 4 is 11.9 Å². The van der Waals surface area contributed by atoms with Crippen LogP contribution in [0, 0.1) is 5.92 Å². The summed E-state index contributed by atoms with van der Waals surface area (Å²) in [5.74, 6) is -0.425. The van der Waals surface area contributed by atoms with Crippen molar-refractivity contribution in [3.63, 3.8) is 0 Å². The van der Waals surface area contributed by atoms with Crippen molar-refractivity contribution in [2.45, 2.75) is 38.6 Å². The van der Waals surface area contributed by atoms with Crippen LogP contribution in [0.5, 0.6) is 11.5 Å². The molecular weight excluding hydrogens is 298 g/mol. The molecule has 0 unspecified atom stereocenters. The van der Waals surface area contributed by atoms with E-state index in [1.165, 1.54) is 31.7 Å². The van der Waals surface area contributed by atoms with Crippen LogP contribution in [0.2, 0.25) is 0 Å². The van der Waals surface area contributed by atoms with E-state index in [0.717, 1.165) is 19.3 Å². The molecule has 23 heavy (non-hydrogen) atoms. The van der Waals surface area contributed by atoms with Gasteiger partial charge in [-0.05, 0) is 37.0 Å². The summed E-state index contributed by atoms with van der Waals surface area (Å²) in [5, 5.41) is 12.6. The Hall–Kier alpha value is -2.24. The van der Waals surface area contributed by atoms with Crippen LogP contribution in [0.1, 0.15) is 43.0 Å². The molecule has 1 aromatic carbocycles. The third-order valence-electron chi connectivity index (χ3n) is 4.22. The number of carbonyl (C=O) groups is 2. The second-order valence-electron chi connectivity index (χ2n) is 5.89. The fraction of sp³-hybridized carbons (Fsp3) is 0.529. The maximum atomic E-state index is 12.0. The lowest BCUT2D eigenvalue weighted by atomic mass is 9.86. The minimum atomic E-state index is -0.756. The van der Waals surface area contributed by atoms with E-state index in [2.05, 4.69) is 12.2 Å². The van der Waals surface area contributed by atoms with Crippen LogP contribution in [-0.2, 0) is 9.53 Å². The van der Waals surface area contributed by atoms with Gasteiger partial charge in [0.15, 0.2) is 6.61 Å². The Labute approximate surface area is 135 Å². The number of hydrogen-bond donors (Lipinski definition) is 2. The van der Waals surface area contributed by atoms with Crippen molar-refractivity contribution < 1.29 is 24.2 Å². The monoisotopic (exact) mass is 321 g/mol. The second kappa shape index (κ2) is 7.85. The van der Waals surface area contributed by atoms with Crippen LogP contribution < -0.4 is 10.1 Å². The fourth-order valence-electron chi connectivity index (χ4n) is 2.79. The molecule has 0 spiro atoms. The molecule has 2 N–H and O–H groups in total. The minimum absolute atomic E-state index is 0.0248. The lowest BCUT2D eigenvalue weighted by Crippen LogP contribution is -2.42. The zero-order valence-electron chi connectivity index (χ0n) is 13.5. The number of hydrogen-bond acceptors (Lipinski definition) is 5. The van der Waals surface area contributed by atoms with Gasteiger partial charge in [0, 0.05) is 6.04 Å². The molecule has 0 aliphatic heterocycles. The number of ether oxygens (including phenoxy) is 2. The summed E-state index contributed by atoms with van der Waals surface area (Å²) in [6.45, 7) is 1.75. The number of aromatic hydroxyl groups is 1. The third kappa shape index (κ3) is 4.61. The van der Waals surface area contributed by atoms with Crippen LogP contribution in [-0.4, -0.2) is 36.7 Å². The molecule has 0 heterocycles. The number of methoxy groups -OCH3 is 1. The standard InChI is InChI=1S/C17H23NO5/c1-11-5-3-4-6-14(11)18-16(20)10-23-17(21)13-9-12(22-2)7-8-15(13)19/h7-9,11,14,19H,3-6,10H2,1-2H3,(H,18,20)/t11-,14-/m1/s1. The van der Waals surface area contributed by atoms with E-state index < -0.39 is 5.97 Å². The molecular formula is C17H23NO5. The number of benzene rings is 1. The van der Waals surface area contributed by atoms with Gasteiger partial charge in [-0.15, -0.1) is 0 Å². The average molecular weight is 321 g/mol. The lowest BCUT2D eigenvalue weighted by molar-refractivity contribution is -0.125. The molecule has 1 amide bonds. The largest absolute Gasteiger partial charge is 0.507 e. The zero-order chi connectivity index (χ0) is 16.8. The fourth-order valence-corrected chi connectivity index (χ4v) is 2.79. The molecule has 2 rings (SSSR count). The molecule has 0 radical (unpaired) electrons. The van der Waals surface area contributed by atoms with Crippen LogP contribution in [0.4, 0.5) is 0 Å². The molecule has 0 aromatic heterocycles. The molecule has 1 aliphatic rings. The number of phenolic OH excluding ortho intramolecular Hbond substituents is 1. The van der Waals surface area contributed by atoms with Gasteiger partial charge in [0.1, 0.15) is 17.1 Å². The number of amides is 1. The summed E-state index contributed by atoms with van der Waals surface area (Å²) in [4.78, 5) is 23.9. The van der Waals surface area contributed by atoms with Gasteiger partial charge < -0.3 is 19.9 Å². The molecule has 6 nitrogen and oxygen atoms in total. The highest BCUT2D eigenvalue weighted by Crippen LogP contribution is 2.24. The van der Waals surface area contributed by atoms with E-state index >= 15 is 0 Å². The smallest absolute Gasteiger partial charge is 0.342 e. The van der Waals surface area contributed by atoms with Gasteiger partial charge in [-0.2, -0.15) is 0 Å². The Morgan fingerprint density at radius 2 is 2.04 bits per heavy atom. The number of carbonyl (C=O) groups excluding carboxylic acids is 2. The number of phenols is 1. The van der Waals surface area contributed by atoms with E-state index in [1.807, 2.05) is 0 Å². The highest BCUT2D eigenvalue weighted by atomic mass is 16.5. The SMILES string of the molecule is COc1ccc(O)c(C(=O)OCC(=O)N[C@@H]2CCCC[C@H]2C)c1. The zero-order valence-corrected chi connectivity index (χ0v) is 13.5. The van der Waals surface area contributed by atoms with Crippen LogP contribution in [0.3, 0.4) is 0 Å². The van der Waals surface area contributed by atoms with Crippen molar-refractivity contribution in [1.82, 2.24) is 5.32 Å². The molecule has 1 fully saturated rings. The molecule has 1 saturated carbocycles. The van der Waals surface area contributed by atoms with Crippen molar-refractivity contribution in [2.75, 3.05) is 13.7 Å². The first kappa shape index (κ1) is 17.1. The van der Waals surface area contributed by atoms with E-state index in [9.17, 15) is 14.7 Å². The van der Waals surface area contributed by atoms with Gasteiger partial charge >= 0.3 is 5.97 Å². The van der Waals surface area contributed by atoms with Crippen molar-refractivity contribution in [3.8, 4) is 11.5 Å². The molecule has 2 atom stereocenters. The van der Waals surface area contributed by atoms with Crippen molar-refractivity contribution in [3.05, 3.63) is 23.8 Å². The summed E-state index contributed by atoms with van der Waals surface area (Å²) in [5.41, 5.74) is -0.0248. The number of esters is 1. The van der Waals surface area contributed by atoms with E-state index in [4.69, 9.17) is 9.47 Å². The first-order valence-electron chi connectivity index (χ1n) is 7.84. The van der Waals surface area contributed by atoms with Gasteiger partial charge in [-0.25, -0.2) is 4.79 Å². The van der Waals surface area contributed by atoms with Gasteiger partial charge in [-0.3, -0.25) is 4.79 Å². The van der Waals surface area contributed by atoms with Gasteiger partial charge in [-0.1, -0.05) is 19.8 Å². The van der Waals surface area contributed by atoms with Gasteiger partial charge in [0.25, 0.3) is 5.91 Å². The molecule has 0 bridgehead atoms. The predicted octanol–water partition coefficient (Wildman–Crippen LogP) is 2.25. The molecule has 6 heteroatoms. The Kier molecular flexibility index (Phi) is 5.84. The summed E-state index contributed by atoms with van der Waals surface area (Å²) in [6, 6.07) is 4.39. The Balaban J connectivity index is 1.87. The first-order valence-corrected chi connectivity index (χ1v) is 7.84. The van der Waals surface area contributed by atoms with Crippen LogP contribution >= 0.6 is 0 Å². The molecule has 0 saturated heterocycles. The minimum Gasteiger partial charge on any atom is -0.507 e. The highest BCUT2D eigenvalue weighted by Gasteiger charge is 2.23. The van der Waals surface area contributed by atoms with E-state index in [1.54, 1.807) is 0 Å². The van der Waals surface area contributed by atoms with Crippen LogP contribution in [0.15, 0.2) is 18.2 Å². The third-order valence-corrected chi connectivity index (χ3v) is 4.22. The van der Waals surface area contributed by atoms with Crippen molar-refractivity contribution in [1.29, 1.82) is 0 Å². The predicted molar refractivity (Wildman–Crippen MR) is 84.5 cm³/mol. The molecule has 1 aliphatic carbocycles. The van der Waals surface area contributed by atoms with Gasteiger partial charge in [0.05, 0.1) is 7.11 Å². The first-order chi connectivity index (χ1) is 11.0. The second-order valence-corrected chi connectivity index (χ2v) is 5.89. The maximum absolute atomic E-state index is 12.0. The van der Waals surface area contributed by atoms with Crippen LogP contribution in [0.25, 0.3) is 0 Å². The summed E-state index contributed by atoms with van der Waals surface area (Å²) in [6.07, 6.45) is 4.35. The molecule has 126 valence electrons. The summed E-state index contributed by atoms with van der Waals surface area (Å²) < 4.78 is 9.98. The summed E-state index contributed by atoms with van der Waals surface area (Å²) >= 11 is 0. The number of nitrogens with one attached hydrogen (secondary N) is 1. The van der Waals surface area contributed by atoms with E-state index in [0.29, 0.717) is 11.7 Å². The average Bonchev–Trinajstić information content (AvgIpc) is 2.55. The molecule has 1 aromatic rings. The quantitative estimate of drug-likeness (QED) is 0.813. The maximum Gasteiger partial charge on any atom is 0.342 e. The topological polar surface area (TPSA) is 84.9 Å². The highest BCUT2D eigenvalue weighted by molar-refractivity contribution is 5.94. The van der Waals surface area contributed by atoms with Crippen molar-refractivity contribution in [2.24, 2.45) is 5.92 Å². The Morgan fingerprint density at radius 1 is 1.30 bits per heavy atom. The Morgan fingerprint density at radius 3 is 2.74 bits per heavy atom.